The van der Waals surface area contributed by atoms with Gasteiger partial charge in [0, 0.05) is 15.9 Å². The van der Waals surface area contributed by atoms with Gasteiger partial charge in [-0.25, -0.2) is 0 Å². The zero-order valence-electron chi connectivity index (χ0n) is 2.76. The van der Waals surface area contributed by atoms with E-state index in [0.29, 0.717) is 0 Å². The monoisotopic (exact) mass is 151 g/mol. The molecule has 0 atom stereocenters. The first-order valence-electron chi connectivity index (χ1n) is 0.906. The molecule has 0 radical (unpaired) electrons. The van der Waals surface area contributed by atoms with Gasteiger partial charge in [-0.1, -0.05) is 0 Å². The van der Waals surface area contributed by atoms with Gasteiger partial charge in [0.1, 0.15) is 4.98 Å². The fraction of sp³-hybridized carbons (Fsp3) is 0. The zero-order valence-corrected chi connectivity index (χ0v) is 4.34. The lowest BCUT2D eigenvalue weighted by Crippen LogP contribution is -1.49. The van der Waals surface area contributed by atoms with E-state index in [1.54, 1.807) is 4.98 Å². The molecule has 6 heavy (non-hydrogen) atoms. The number of halogens is 1. The summed E-state index contributed by atoms with van der Waals surface area (Å²) in [4.78, 5) is 9.92. The van der Waals surface area contributed by atoms with Crippen molar-refractivity contribution in [2.24, 2.45) is 0 Å². The van der Waals surface area contributed by atoms with Crippen molar-refractivity contribution in [1.82, 2.24) is 0 Å². The Kier molecular flexibility index (Phi) is 38.3. The Morgan fingerprint density at radius 3 is 2.00 bits per heavy atom. The first-order valence-corrected chi connectivity index (χ1v) is 1.70. The molecule has 3 nitrogen and oxygen atoms in total. The van der Waals surface area contributed by atoms with E-state index in [1.807, 2.05) is 0 Å². The van der Waals surface area contributed by atoms with Crippen molar-refractivity contribution in [2.75, 3.05) is 0 Å². The lowest BCUT2D eigenvalue weighted by atomic mass is 11.7. The minimum absolute atomic E-state index is 0.250. The highest BCUT2D eigenvalue weighted by Crippen LogP contribution is 1.58. The predicted octanol–water partition coefficient (Wildman–Crippen LogP) is 0.563. The van der Waals surface area contributed by atoms with Crippen molar-refractivity contribution in [3.05, 3.63) is 0 Å². The minimum Gasteiger partial charge on any atom is -0.483 e. The summed E-state index contributed by atoms with van der Waals surface area (Å²) in [5, 5.41) is 14.1. The van der Waals surface area contributed by atoms with Gasteiger partial charge in [-0.05, 0) is 0 Å². The summed E-state index contributed by atoms with van der Waals surface area (Å²) in [7, 11) is 0. The molecule has 0 spiro atoms. The van der Waals surface area contributed by atoms with Gasteiger partial charge in [0.15, 0.2) is 0 Å². The summed E-state index contributed by atoms with van der Waals surface area (Å²) >= 11 is 2.45. The number of hydrogen-bond donors (Lipinski definition) is 1. The van der Waals surface area contributed by atoms with Crippen LogP contribution in [0.25, 0.3) is 0 Å². The molecule has 0 amide bonds. The Morgan fingerprint density at radius 2 is 2.00 bits per heavy atom. The number of carboxylic acid groups (broad SMARTS) is 1. The van der Waals surface area contributed by atoms with Crippen LogP contribution in [-0.2, 0) is 4.79 Å². The highest BCUT2D eigenvalue weighted by Gasteiger charge is 1.23. The number of rotatable bonds is 0. The lowest BCUT2D eigenvalue weighted by Gasteiger charge is -1.34. The van der Waals surface area contributed by atoms with Gasteiger partial charge in [0.05, 0.1) is 0 Å². The molecule has 34 valence electrons. The molecule has 0 rings (SSSR count). The third-order valence-corrected chi connectivity index (χ3v) is 0. The van der Waals surface area contributed by atoms with Crippen LogP contribution in [0.3, 0.4) is 0 Å². The summed E-state index contributed by atoms with van der Waals surface area (Å²) in [6.45, 7) is -0.250. The second-order valence-corrected chi connectivity index (χ2v) is 0.545. The third kappa shape index (κ3) is 65.3. The first kappa shape index (κ1) is 9.06. The molecule has 0 aliphatic heterocycles. The van der Waals surface area contributed by atoms with Gasteiger partial charge in [-0.3, -0.25) is 4.79 Å². The van der Waals surface area contributed by atoms with E-state index in [1.165, 1.54) is 0 Å². The first-order chi connectivity index (χ1) is 2.83. The predicted molar refractivity (Wildman–Crippen MR) is 23.2 cm³/mol. The Labute approximate surface area is 43.3 Å². The van der Waals surface area contributed by atoms with Crippen LogP contribution in [0.5, 0.6) is 0 Å². The van der Waals surface area contributed by atoms with E-state index in [2.05, 4.69) is 15.9 Å². The third-order valence-electron chi connectivity index (χ3n) is 0. The summed E-state index contributed by atoms with van der Waals surface area (Å²) in [5.74, 6) is 0. The number of carbonyl (C=O) groups is 1. The normalized spacial score (nSPS) is 3.33. The Hall–Kier alpha value is -0.560. The Morgan fingerprint density at radius 1 is 2.00 bits per heavy atom. The molecule has 0 saturated heterocycles. The average Bonchev–Trinajstić information content (AvgIpc) is 1.39. The largest absolute Gasteiger partial charge is 0.483 e. The van der Waals surface area contributed by atoms with E-state index in [-0.39, 0.29) is 6.47 Å². The van der Waals surface area contributed by atoms with E-state index >= 15 is 0 Å². The maximum Gasteiger partial charge on any atom is 0.290 e. The highest BCUT2D eigenvalue weighted by molar-refractivity contribution is 9.12. The lowest BCUT2D eigenvalue weighted by molar-refractivity contribution is -0.122. The highest BCUT2D eigenvalue weighted by atomic mass is 79.9. The summed E-state index contributed by atoms with van der Waals surface area (Å²) in [6.07, 6.45) is 0. The van der Waals surface area contributed by atoms with Crippen molar-refractivity contribution < 1.29 is 9.90 Å². The quantitative estimate of drug-likeness (QED) is 0.516. The van der Waals surface area contributed by atoms with E-state index in [0.717, 1.165) is 0 Å². The fourth-order valence-corrected chi connectivity index (χ4v) is 0. The van der Waals surface area contributed by atoms with Crippen LogP contribution in [-0.4, -0.2) is 11.6 Å². The van der Waals surface area contributed by atoms with Crippen molar-refractivity contribution in [1.29, 1.82) is 5.26 Å². The molecular weight excluding hydrogens is 150 g/mol. The van der Waals surface area contributed by atoms with E-state index in [9.17, 15) is 0 Å². The smallest absolute Gasteiger partial charge is 0.290 e. The Balaban J connectivity index is 0. The number of nitrogens with zero attached hydrogens (tertiary/aromatic N) is 1. The minimum atomic E-state index is -0.250. The zero-order chi connectivity index (χ0) is 5.41. The van der Waals surface area contributed by atoms with Gasteiger partial charge in [-0.15, -0.1) is 0 Å². The molecule has 0 unspecified atom stereocenters. The van der Waals surface area contributed by atoms with Crippen LogP contribution >= 0.6 is 15.9 Å². The van der Waals surface area contributed by atoms with Gasteiger partial charge < -0.3 is 5.11 Å². The fourth-order valence-electron chi connectivity index (χ4n) is 0. The molecule has 0 aliphatic carbocycles. The van der Waals surface area contributed by atoms with Crippen LogP contribution in [0.2, 0.25) is 0 Å². The standard InChI is InChI=1S/CBrN.CH2O2/c2*2-1-3/h;1H,(H,2,3). The van der Waals surface area contributed by atoms with Gasteiger partial charge in [0.25, 0.3) is 6.47 Å². The molecule has 0 aromatic heterocycles. The van der Waals surface area contributed by atoms with E-state index < -0.39 is 0 Å². The van der Waals surface area contributed by atoms with Gasteiger partial charge in [-0.2, -0.15) is 5.26 Å². The van der Waals surface area contributed by atoms with Crippen molar-refractivity contribution in [2.45, 2.75) is 0 Å². The number of nitriles is 1. The molecule has 4 heteroatoms. The molecule has 0 heterocycles. The molecule has 0 saturated carbocycles. The second kappa shape index (κ2) is 25.3. The Bertz CT molecular complexity index is 57.1. The maximum atomic E-state index is 8.36. The molecule has 1 N–H and O–H groups in total. The van der Waals surface area contributed by atoms with Crippen LogP contribution in [0, 0.1) is 10.2 Å². The molecule has 0 aromatic rings. The SMILES string of the molecule is N#CBr.O=CO. The average molecular weight is 152 g/mol. The molecular formula is C2H2BrNO2. The molecule has 0 fully saturated rings. The summed E-state index contributed by atoms with van der Waals surface area (Å²) < 4.78 is 0. The molecule has 0 bridgehead atoms. The second-order valence-electron chi connectivity index (χ2n) is 0.190. The summed E-state index contributed by atoms with van der Waals surface area (Å²) in [5.41, 5.74) is 0. The maximum absolute atomic E-state index is 8.36. The van der Waals surface area contributed by atoms with E-state index in [4.69, 9.17) is 15.2 Å². The van der Waals surface area contributed by atoms with Crippen molar-refractivity contribution in [3.63, 3.8) is 0 Å². The summed E-state index contributed by atoms with van der Waals surface area (Å²) in [6, 6.07) is 0. The molecule has 0 aromatic carbocycles. The van der Waals surface area contributed by atoms with Gasteiger partial charge in [0.2, 0.25) is 0 Å². The van der Waals surface area contributed by atoms with Crippen LogP contribution in [0.1, 0.15) is 0 Å². The van der Waals surface area contributed by atoms with Crippen molar-refractivity contribution >= 4 is 22.4 Å². The van der Waals surface area contributed by atoms with Crippen LogP contribution in [0.15, 0.2) is 0 Å². The van der Waals surface area contributed by atoms with Crippen LogP contribution in [0.4, 0.5) is 0 Å². The van der Waals surface area contributed by atoms with Gasteiger partial charge >= 0.3 is 0 Å². The topological polar surface area (TPSA) is 61.1 Å². The molecule has 0 aliphatic rings. The van der Waals surface area contributed by atoms with Crippen LogP contribution < -0.4 is 0 Å². The number of hydrogen-bond acceptors (Lipinski definition) is 2. The van der Waals surface area contributed by atoms with Crippen molar-refractivity contribution in [3.8, 4) is 4.98 Å².